The van der Waals surface area contributed by atoms with Gasteiger partial charge in [-0.15, -0.1) is 0 Å². The van der Waals surface area contributed by atoms with Gasteiger partial charge in [0.15, 0.2) is 6.10 Å². The number of benzene rings is 1. The second kappa shape index (κ2) is 8.93. The highest BCUT2D eigenvalue weighted by Crippen LogP contribution is 2.32. The van der Waals surface area contributed by atoms with Gasteiger partial charge in [0.2, 0.25) is 0 Å². The lowest BCUT2D eigenvalue weighted by Gasteiger charge is -2.36. The zero-order valence-electron chi connectivity index (χ0n) is 18.2. The van der Waals surface area contributed by atoms with E-state index in [2.05, 4.69) is 31.5 Å². The highest BCUT2D eigenvalue weighted by Gasteiger charge is 2.30. The summed E-state index contributed by atoms with van der Waals surface area (Å²) in [6.07, 6.45) is 1.32. The maximum Gasteiger partial charge on any atom is 0.269 e. The minimum Gasteiger partial charge on any atom is -0.478 e. The fourth-order valence-electron chi connectivity index (χ4n) is 3.97. The number of amides is 2. The van der Waals surface area contributed by atoms with Crippen molar-refractivity contribution in [2.45, 2.75) is 26.5 Å². The number of rotatable bonds is 5. The van der Waals surface area contributed by atoms with Crippen molar-refractivity contribution < 1.29 is 14.3 Å². The summed E-state index contributed by atoms with van der Waals surface area (Å²) >= 11 is 0. The van der Waals surface area contributed by atoms with Gasteiger partial charge >= 0.3 is 0 Å². The van der Waals surface area contributed by atoms with Gasteiger partial charge in [-0.1, -0.05) is 19.9 Å². The maximum atomic E-state index is 12.3. The molecule has 2 amide bonds. The van der Waals surface area contributed by atoms with Crippen molar-refractivity contribution in [1.29, 1.82) is 0 Å². The number of carbonyl (C=O) groups excluding carboxylic acids is 2. The number of anilines is 2. The molecule has 2 aliphatic rings. The van der Waals surface area contributed by atoms with E-state index < -0.39 is 6.10 Å². The summed E-state index contributed by atoms with van der Waals surface area (Å²) in [5.74, 6) is 0.603. The summed E-state index contributed by atoms with van der Waals surface area (Å²) in [5.41, 5.74) is 3.35. The molecule has 8 nitrogen and oxygen atoms in total. The molecule has 1 saturated heterocycles. The Bertz CT molecular complexity index is 952. The summed E-state index contributed by atoms with van der Waals surface area (Å²) in [7, 11) is 1.60. The van der Waals surface area contributed by atoms with Crippen molar-refractivity contribution in [1.82, 2.24) is 15.2 Å². The molecule has 4 rings (SSSR count). The number of nitrogens with one attached hydrogen (secondary N) is 2. The number of fused-ring (bicyclic) bond motifs is 1. The first-order valence-corrected chi connectivity index (χ1v) is 10.7. The zero-order chi connectivity index (χ0) is 22.0. The lowest BCUT2D eigenvalue weighted by molar-refractivity contribution is -0.125. The van der Waals surface area contributed by atoms with E-state index in [9.17, 15) is 9.59 Å². The first-order chi connectivity index (χ1) is 14.9. The van der Waals surface area contributed by atoms with Crippen molar-refractivity contribution in [2.24, 2.45) is 5.92 Å². The van der Waals surface area contributed by atoms with E-state index in [0.717, 1.165) is 55.4 Å². The number of ether oxygens (including phenoxy) is 1. The summed E-state index contributed by atoms with van der Waals surface area (Å²) < 4.78 is 5.88. The number of hydrogen-bond acceptors (Lipinski definition) is 6. The molecule has 0 aliphatic carbocycles. The van der Waals surface area contributed by atoms with E-state index in [0.29, 0.717) is 5.69 Å². The number of nitrogens with zero attached hydrogens (tertiary/aromatic N) is 3. The quantitative estimate of drug-likeness (QED) is 0.766. The van der Waals surface area contributed by atoms with E-state index in [1.807, 2.05) is 32.0 Å². The molecule has 8 heteroatoms. The van der Waals surface area contributed by atoms with Gasteiger partial charge in [0.1, 0.15) is 11.4 Å². The molecule has 1 fully saturated rings. The first kappa shape index (κ1) is 21.1. The number of aromatic nitrogens is 1. The molecular formula is C23H29N5O3. The van der Waals surface area contributed by atoms with Crippen LogP contribution in [0, 0.1) is 5.92 Å². The van der Waals surface area contributed by atoms with E-state index >= 15 is 0 Å². The van der Waals surface area contributed by atoms with E-state index in [4.69, 9.17) is 4.74 Å². The Hall–Kier alpha value is -3.13. The van der Waals surface area contributed by atoms with Crippen LogP contribution in [0.3, 0.4) is 0 Å². The molecule has 0 saturated carbocycles. The molecule has 3 heterocycles. The monoisotopic (exact) mass is 423 g/mol. The average Bonchev–Trinajstić information content (AvgIpc) is 2.78. The number of carbonyl (C=O) groups is 2. The first-order valence-electron chi connectivity index (χ1n) is 10.7. The van der Waals surface area contributed by atoms with Crippen LogP contribution in [0.2, 0.25) is 0 Å². The van der Waals surface area contributed by atoms with Crippen molar-refractivity contribution in [3.63, 3.8) is 0 Å². The van der Waals surface area contributed by atoms with Gasteiger partial charge in [-0.2, -0.15) is 0 Å². The predicted octanol–water partition coefficient (Wildman–Crippen LogP) is 2.12. The van der Waals surface area contributed by atoms with E-state index in [1.165, 1.54) is 0 Å². The largest absolute Gasteiger partial charge is 0.478 e. The minimum absolute atomic E-state index is 0.0793. The predicted molar refractivity (Wildman–Crippen MR) is 119 cm³/mol. The molecule has 164 valence electrons. The maximum absolute atomic E-state index is 12.3. The highest BCUT2D eigenvalue weighted by molar-refractivity contribution is 5.98. The lowest BCUT2D eigenvalue weighted by Crippen LogP contribution is -2.46. The van der Waals surface area contributed by atoms with Crippen molar-refractivity contribution in [3.8, 4) is 5.75 Å². The van der Waals surface area contributed by atoms with Crippen molar-refractivity contribution in [2.75, 3.05) is 43.4 Å². The molecule has 2 aromatic rings. The molecule has 0 bridgehead atoms. The Morgan fingerprint density at radius 2 is 2.00 bits per heavy atom. The molecule has 1 unspecified atom stereocenters. The number of piperazine rings is 1. The molecule has 1 aromatic heterocycles. The fraction of sp³-hybridized carbons (Fsp3) is 0.435. The van der Waals surface area contributed by atoms with Crippen LogP contribution in [-0.4, -0.2) is 61.0 Å². The Kier molecular flexibility index (Phi) is 6.08. The molecule has 2 aliphatic heterocycles. The van der Waals surface area contributed by atoms with Crippen LogP contribution in [0.5, 0.6) is 5.75 Å². The summed E-state index contributed by atoms with van der Waals surface area (Å²) in [6.45, 7) is 8.41. The molecule has 0 spiro atoms. The third-order valence-electron chi connectivity index (χ3n) is 5.77. The van der Waals surface area contributed by atoms with Gasteiger partial charge in [-0.05, 0) is 35.7 Å². The van der Waals surface area contributed by atoms with Gasteiger partial charge in [-0.25, -0.2) is 4.98 Å². The standard InChI is InChI=1S/C23H29N5O3/c1-15(2)21-23(30)26-19-12-16(4-7-20(19)31-21)14-27-8-10-28(11-9-27)17-5-6-18(25-13-17)22(29)24-3/h4-7,12-13,15,21H,8-11,14H2,1-3H3,(H,24,29)(H,26,30). The Morgan fingerprint density at radius 3 is 2.65 bits per heavy atom. The summed E-state index contributed by atoms with van der Waals surface area (Å²) in [6, 6.07) is 9.74. The van der Waals surface area contributed by atoms with Crippen LogP contribution < -0.4 is 20.3 Å². The van der Waals surface area contributed by atoms with Crippen LogP contribution in [0.25, 0.3) is 0 Å². The van der Waals surface area contributed by atoms with E-state index in [1.54, 1.807) is 19.3 Å². The van der Waals surface area contributed by atoms with Gasteiger partial charge < -0.3 is 20.3 Å². The van der Waals surface area contributed by atoms with Crippen LogP contribution in [0.4, 0.5) is 11.4 Å². The highest BCUT2D eigenvalue weighted by atomic mass is 16.5. The van der Waals surface area contributed by atoms with Gasteiger partial charge in [0, 0.05) is 39.8 Å². The van der Waals surface area contributed by atoms with Gasteiger partial charge in [-0.3, -0.25) is 14.5 Å². The van der Waals surface area contributed by atoms with Gasteiger partial charge in [0.05, 0.1) is 17.6 Å². The molecule has 0 radical (unpaired) electrons. The molecule has 1 atom stereocenters. The number of pyridine rings is 1. The molecule has 2 N–H and O–H groups in total. The Labute approximate surface area is 182 Å². The van der Waals surface area contributed by atoms with Crippen molar-refractivity contribution >= 4 is 23.2 Å². The van der Waals surface area contributed by atoms with Crippen LogP contribution in [0.15, 0.2) is 36.5 Å². The zero-order valence-corrected chi connectivity index (χ0v) is 18.2. The lowest BCUT2D eigenvalue weighted by atomic mass is 10.0. The SMILES string of the molecule is CNC(=O)c1ccc(N2CCN(Cc3ccc4c(c3)NC(=O)C(C(C)C)O4)CC2)cn1. The van der Waals surface area contributed by atoms with Crippen LogP contribution in [0.1, 0.15) is 29.9 Å². The smallest absolute Gasteiger partial charge is 0.269 e. The topological polar surface area (TPSA) is 86.8 Å². The number of hydrogen-bond donors (Lipinski definition) is 2. The second-order valence-corrected chi connectivity index (χ2v) is 8.35. The average molecular weight is 424 g/mol. The van der Waals surface area contributed by atoms with Gasteiger partial charge in [0.25, 0.3) is 11.8 Å². The molecule has 31 heavy (non-hydrogen) atoms. The Balaban J connectivity index is 1.34. The van der Waals surface area contributed by atoms with Crippen LogP contribution in [-0.2, 0) is 11.3 Å². The molecular weight excluding hydrogens is 394 g/mol. The van der Waals surface area contributed by atoms with Crippen molar-refractivity contribution in [3.05, 3.63) is 47.8 Å². The fourth-order valence-corrected chi connectivity index (χ4v) is 3.97. The van der Waals surface area contributed by atoms with Crippen LogP contribution >= 0.6 is 0 Å². The third kappa shape index (κ3) is 4.64. The summed E-state index contributed by atoms with van der Waals surface area (Å²) in [4.78, 5) is 32.9. The second-order valence-electron chi connectivity index (χ2n) is 8.35. The minimum atomic E-state index is -0.439. The summed E-state index contributed by atoms with van der Waals surface area (Å²) in [5, 5.41) is 5.57. The normalized spacial score (nSPS) is 18.9. The molecule has 1 aromatic carbocycles. The van der Waals surface area contributed by atoms with E-state index in [-0.39, 0.29) is 17.7 Å². The third-order valence-corrected chi connectivity index (χ3v) is 5.77. The Morgan fingerprint density at radius 1 is 1.23 bits per heavy atom.